The van der Waals surface area contributed by atoms with Gasteiger partial charge in [0.05, 0.1) is 5.48 Å². The first-order chi connectivity index (χ1) is 6.00. The molecule has 0 aliphatic carbocycles. The van der Waals surface area contributed by atoms with Crippen molar-refractivity contribution in [1.82, 2.24) is 0 Å². The number of benzene rings is 1. The maximum Gasteiger partial charge on any atom is 0.115 e. The molecule has 1 nitrogen and oxygen atoms in total. The fourth-order valence-electron chi connectivity index (χ4n) is 0.509. The maximum absolute atomic E-state index is 9.17. The molecule has 1 heteroatoms. The van der Waals surface area contributed by atoms with E-state index in [9.17, 15) is 5.11 Å². The van der Waals surface area contributed by atoms with Gasteiger partial charge < -0.3 is 5.11 Å². The number of phenols is 1. The van der Waals surface area contributed by atoms with E-state index in [0.717, 1.165) is 0 Å². The Kier molecular flexibility index (Phi) is 0.770. The highest BCUT2D eigenvalue weighted by Crippen LogP contribution is 2.09. The summed E-state index contributed by atoms with van der Waals surface area (Å²) in [6, 6.07) is -1.03. The van der Waals surface area contributed by atoms with Crippen LogP contribution in [0.1, 0.15) is 18.0 Å². The second kappa shape index (κ2) is 2.53. The Labute approximate surface area is 60.6 Å². The molecule has 9 heavy (non-hydrogen) atoms. The number of phenolic OH excluding ortho intramolecular Hbond substituents is 1. The number of hydrogen-bond donors (Lipinski definition) is 1. The molecule has 0 spiro atoms. The zero-order chi connectivity index (χ0) is 10.2. The molecule has 1 aromatic rings. The zero-order valence-electron chi connectivity index (χ0n) is 9.15. The van der Waals surface area contributed by atoms with E-state index in [1.807, 2.05) is 0 Å². The van der Waals surface area contributed by atoms with Crippen molar-refractivity contribution in [2.24, 2.45) is 0 Å². The zero-order valence-corrected chi connectivity index (χ0v) is 5.15. The van der Waals surface area contributed by atoms with Gasteiger partial charge in [-0.2, -0.15) is 0 Å². The van der Waals surface area contributed by atoms with E-state index in [1.54, 1.807) is 6.92 Å². The van der Waals surface area contributed by atoms with E-state index >= 15 is 0 Å². The third-order valence-electron chi connectivity index (χ3n) is 1.02. The van der Waals surface area contributed by atoms with Crippen molar-refractivity contribution in [3.05, 3.63) is 29.7 Å². The van der Waals surface area contributed by atoms with Crippen LogP contribution in [-0.2, 0) is 6.42 Å². The fourth-order valence-corrected chi connectivity index (χ4v) is 0.509. The third kappa shape index (κ3) is 1.46. The van der Waals surface area contributed by atoms with Gasteiger partial charge in [-0.15, -0.1) is 0 Å². The minimum absolute atomic E-state index is 0.152. The van der Waals surface area contributed by atoms with Gasteiger partial charge in [0, 0.05) is 0 Å². The second-order valence-electron chi connectivity index (χ2n) is 1.68. The quantitative estimate of drug-likeness (QED) is 0.609. The lowest BCUT2D eigenvalue weighted by atomic mass is 10.2. The summed E-state index contributed by atoms with van der Waals surface area (Å²) in [6.07, 6.45) is 0.426. The average molecular weight is 126 g/mol. The van der Waals surface area contributed by atoms with Crippen LogP contribution < -0.4 is 0 Å². The minimum atomic E-state index is -0.577. The Morgan fingerprint density at radius 1 is 1.44 bits per heavy atom. The van der Waals surface area contributed by atoms with Crippen LogP contribution in [0.15, 0.2) is 24.2 Å². The molecule has 0 aliphatic heterocycles. The van der Waals surface area contributed by atoms with Crippen LogP contribution in [0.5, 0.6) is 5.75 Å². The number of hydrogen-bond acceptors (Lipinski definition) is 1. The summed E-state index contributed by atoms with van der Waals surface area (Å²) in [6.45, 7) is 1.75. The van der Waals surface area contributed by atoms with Gasteiger partial charge in [-0.3, -0.25) is 0 Å². The van der Waals surface area contributed by atoms with Crippen molar-refractivity contribution in [3.63, 3.8) is 0 Å². The molecular weight excluding hydrogens is 112 g/mol. The van der Waals surface area contributed by atoms with E-state index in [4.69, 9.17) is 5.48 Å². The average Bonchev–Trinajstić information content (AvgIpc) is 2.13. The molecule has 0 fully saturated rings. The largest absolute Gasteiger partial charge is 0.508 e. The lowest BCUT2D eigenvalue weighted by Gasteiger charge is -1.93. The summed E-state index contributed by atoms with van der Waals surface area (Å²) < 4.78 is 29.4. The van der Waals surface area contributed by atoms with Crippen molar-refractivity contribution in [1.29, 1.82) is 0 Å². The summed E-state index contributed by atoms with van der Waals surface area (Å²) in [7, 11) is 0. The van der Waals surface area contributed by atoms with Crippen molar-refractivity contribution in [3.8, 4) is 5.75 Å². The van der Waals surface area contributed by atoms with Gasteiger partial charge in [0.2, 0.25) is 0 Å². The Morgan fingerprint density at radius 3 is 2.44 bits per heavy atom. The molecular formula is C8H10O. The first-order valence-electron chi connectivity index (χ1n) is 4.78. The summed E-state index contributed by atoms with van der Waals surface area (Å²) in [5.41, 5.74) is 0.341. The third-order valence-corrected chi connectivity index (χ3v) is 1.02. The fraction of sp³-hybridized carbons (Fsp3) is 0.250. The summed E-state index contributed by atoms with van der Waals surface area (Å²) in [4.78, 5) is 0. The highest BCUT2D eigenvalue weighted by molar-refractivity contribution is 5.25. The van der Waals surface area contributed by atoms with Crippen LogP contribution in [0, 0.1) is 0 Å². The number of rotatable bonds is 1. The van der Waals surface area contributed by atoms with Gasteiger partial charge in [0.1, 0.15) is 5.75 Å². The maximum atomic E-state index is 9.17. The van der Waals surface area contributed by atoms with Crippen molar-refractivity contribution >= 4 is 0 Å². The summed E-state index contributed by atoms with van der Waals surface area (Å²) >= 11 is 0. The van der Waals surface area contributed by atoms with E-state index < -0.39 is 5.75 Å². The van der Waals surface area contributed by atoms with Gasteiger partial charge in [-0.05, 0) is 24.1 Å². The predicted octanol–water partition coefficient (Wildman–Crippen LogP) is 1.95. The first-order valence-corrected chi connectivity index (χ1v) is 2.78. The number of aromatic hydroxyl groups is 1. The normalized spacial score (nSPS) is 15.7. The van der Waals surface area contributed by atoms with Gasteiger partial charge in [0.25, 0.3) is 0 Å². The van der Waals surface area contributed by atoms with Crippen LogP contribution in [0.4, 0.5) is 0 Å². The molecule has 0 aromatic heterocycles. The van der Waals surface area contributed by atoms with E-state index in [2.05, 4.69) is 0 Å². The standard InChI is InChI=1S/C8H10O/c1-2-7-3-5-8(9)6-4-7/h3-6,9H,2H2,1H3/i3D,4D,5D,6D. The molecule has 0 saturated carbocycles. The van der Waals surface area contributed by atoms with Gasteiger partial charge in [-0.1, -0.05) is 19.0 Å². The van der Waals surface area contributed by atoms with Crippen LogP contribution in [0.2, 0.25) is 0 Å². The van der Waals surface area contributed by atoms with Crippen molar-refractivity contribution < 1.29 is 10.6 Å². The second-order valence-corrected chi connectivity index (χ2v) is 1.68. The highest BCUT2D eigenvalue weighted by Gasteiger charge is 1.86. The van der Waals surface area contributed by atoms with Crippen molar-refractivity contribution in [2.75, 3.05) is 0 Å². The monoisotopic (exact) mass is 126 g/mol. The Balaban J connectivity index is 3.56. The molecule has 0 radical (unpaired) electrons. The topological polar surface area (TPSA) is 20.2 Å². The van der Waals surface area contributed by atoms with E-state index in [-0.39, 0.29) is 24.2 Å². The van der Waals surface area contributed by atoms with Crippen LogP contribution >= 0.6 is 0 Å². The van der Waals surface area contributed by atoms with Crippen LogP contribution in [-0.4, -0.2) is 5.11 Å². The van der Waals surface area contributed by atoms with Gasteiger partial charge in [0.15, 0.2) is 0 Å². The summed E-state index contributed by atoms with van der Waals surface area (Å²) in [5, 5.41) is 9.17. The molecule has 1 aromatic carbocycles. The Bertz CT molecular complexity index is 319. The van der Waals surface area contributed by atoms with Gasteiger partial charge >= 0.3 is 0 Å². The molecule has 0 heterocycles. The highest BCUT2D eigenvalue weighted by atomic mass is 16.3. The molecule has 48 valence electrons. The van der Waals surface area contributed by atoms with Gasteiger partial charge in [-0.25, -0.2) is 0 Å². The molecule has 0 unspecified atom stereocenters. The molecule has 0 atom stereocenters. The van der Waals surface area contributed by atoms with Crippen molar-refractivity contribution in [2.45, 2.75) is 13.3 Å². The molecule has 0 saturated heterocycles. The molecule has 1 N–H and O–H groups in total. The smallest absolute Gasteiger partial charge is 0.115 e. The Hall–Kier alpha value is -0.980. The Morgan fingerprint density at radius 2 is 2.00 bits per heavy atom. The minimum Gasteiger partial charge on any atom is -0.508 e. The van der Waals surface area contributed by atoms with E-state index in [1.165, 1.54) is 0 Å². The van der Waals surface area contributed by atoms with E-state index in [0.29, 0.717) is 12.0 Å². The molecule has 0 aliphatic rings. The molecule has 0 bridgehead atoms. The lowest BCUT2D eigenvalue weighted by molar-refractivity contribution is 0.475. The van der Waals surface area contributed by atoms with Crippen LogP contribution in [0.3, 0.4) is 0 Å². The van der Waals surface area contributed by atoms with Crippen LogP contribution in [0.25, 0.3) is 0 Å². The first kappa shape index (κ1) is 2.74. The molecule has 0 amide bonds. The SMILES string of the molecule is [2H]c1c([2H])c(CC)c([2H])c([2H])c1O. The lowest BCUT2D eigenvalue weighted by Crippen LogP contribution is -1.75. The summed E-state index contributed by atoms with van der Waals surface area (Å²) in [5.74, 6) is -0.577. The molecule has 1 rings (SSSR count). The predicted molar refractivity (Wildman–Crippen MR) is 37.5 cm³/mol.